The summed E-state index contributed by atoms with van der Waals surface area (Å²) in [6.07, 6.45) is 4.43. The summed E-state index contributed by atoms with van der Waals surface area (Å²) in [7, 11) is 0. The van der Waals surface area contributed by atoms with E-state index >= 15 is 0 Å². The highest BCUT2D eigenvalue weighted by atomic mass is 32.2. The Morgan fingerprint density at radius 1 is 1.35 bits per heavy atom. The van der Waals surface area contributed by atoms with Gasteiger partial charge in [0.1, 0.15) is 5.75 Å². The quantitative estimate of drug-likeness (QED) is 0.682. The Balaban J connectivity index is 2.27. The monoisotopic (exact) mass is 253 g/mol. The van der Waals surface area contributed by atoms with Crippen LogP contribution in [0.4, 0.5) is 0 Å². The lowest BCUT2D eigenvalue weighted by Gasteiger charge is -2.08. The molecule has 0 fully saturated rings. The second-order valence-corrected chi connectivity index (χ2v) is 5.00. The van der Waals surface area contributed by atoms with Gasteiger partial charge in [0.2, 0.25) is 0 Å². The van der Waals surface area contributed by atoms with E-state index in [0.29, 0.717) is 0 Å². The molecule has 0 bridgehead atoms. The van der Waals surface area contributed by atoms with Crippen molar-refractivity contribution < 1.29 is 4.74 Å². The van der Waals surface area contributed by atoms with Crippen LogP contribution in [0.2, 0.25) is 0 Å². The van der Waals surface area contributed by atoms with E-state index in [1.165, 1.54) is 17.7 Å². The maximum Gasteiger partial charge on any atom is 0.119 e. The van der Waals surface area contributed by atoms with E-state index < -0.39 is 0 Å². The van der Waals surface area contributed by atoms with Crippen LogP contribution in [0, 0.1) is 0 Å². The maximum atomic E-state index is 5.61. The van der Waals surface area contributed by atoms with Gasteiger partial charge in [-0.3, -0.25) is 0 Å². The number of hydrogen-bond donors (Lipinski definition) is 1. The minimum Gasteiger partial charge on any atom is -0.494 e. The standard InChI is InChI=1S/C14H23NOS/c1-3-9-16-14-7-4-6-13(11-14)12-15-8-5-10-17-2/h4,6-7,11,15H,3,5,8-10,12H2,1-2H3. The van der Waals surface area contributed by atoms with Crippen LogP contribution in [0.3, 0.4) is 0 Å². The van der Waals surface area contributed by atoms with Gasteiger partial charge in [-0.05, 0) is 49.1 Å². The largest absolute Gasteiger partial charge is 0.494 e. The van der Waals surface area contributed by atoms with Gasteiger partial charge in [-0.1, -0.05) is 19.1 Å². The third kappa shape index (κ3) is 6.59. The molecule has 0 heterocycles. The first-order valence-electron chi connectivity index (χ1n) is 6.28. The highest BCUT2D eigenvalue weighted by Crippen LogP contribution is 2.13. The van der Waals surface area contributed by atoms with Crippen molar-refractivity contribution in [3.8, 4) is 5.75 Å². The Hall–Kier alpha value is -0.670. The summed E-state index contributed by atoms with van der Waals surface area (Å²) >= 11 is 1.90. The number of hydrogen-bond acceptors (Lipinski definition) is 3. The van der Waals surface area contributed by atoms with Crippen molar-refractivity contribution >= 4 is 11.8 Å². The summed E-state index contributed by atoms with van der Waals surface area (Å²) in [6.45, 7) is 4.93. The molecule has 0 saturated carbocycles. The number of ether oxygens (including phenoxy) is 1. The zero-order valence-corrected chi connectivity index (χ0v) is 11.7. The van der Waals surface area contributed by atoms with Crippen LogP contribution < -0.4 is 10.1 Å². The smallest absolute Gasteiger partial charge is 0.119 e. The average Bonchev–Trinajstić information content (AvgIpc) is 2.37. The van der Waals surface area contributed by atoms with Gasteiger partial charge in [0.15, 0.2) is 0 Å². The van der Waals surface area contributed by atoms with E-state index in [9.17, 15) is 0 Å². The first-order chi connectivity index (χ1) is 8.36. The summed E-state index contributed by atoms with van der Waals surface area (Å²) in [6, 6.07) is 8.34. The number of rotatable bonds is 9. The molecule has 0 amide bonds. The molecule has 1 aromatic rings. The summed E-state index contributed by atoms with van der Waals surface area (Å²) in [4.78, 5) is 0. The molecule has 0 saturated heterocycles. The Morgan fingerprint density at radius 2 is 2.24 bits per heavy atom. The van der Waals surface area contributed by atoms with Crippen molar-refractivity contribution in [3.63, 3.8) is 0 Å². The highest BCUT2D eigenvalue weighted by Gasteiger charge is 1.96. The molecule has 2 nitrogen and oxygen atoms in total. The molecule has 0 radical (unpaired) electrons. The van der Waals surface area contributed by atoms with Gasteiger partial charge in [0, 0.05) is 6.54 Å². The SMILES string of the molecule is CCCOc1cccc(CNCCCSC)c1. The van der Waals surface area contributed by atoms with Crippen LogP contribution in [0.15, 0.2) is 24.3 Å². The normalized spacial score (nSPS) is 10.5. The topological polar surface area (TPSA) is 21.3 Å². The molecule has 0 aliphatic rings. The summed E-state index contributed by atoms with van der Waals surface area (Å²) in [5.41, 5.74) is 1.29. The molecule has 1 aromatic carbocycles. The molecular formula is C14H23NOS. The van der Waals surface area contributed by atoms with E-state index in [1.54, 1.807) is 0 Å². The van der Waals surface area contributed by atoms with Crippen molar-refractivity contribution in [2.45, 2.75) is 26.3 Å². The molecule has 1 N–H and O–H groups in total. The fourth-order valence-electron chi connectivity index (χ4n) is 1.54. The predicted molar refractivity (Wildman–Crippen MR) is 76.9 cm³/mol. The van der Waals surface area contributed by atoms with Crippen LogP contribution in [0.1, 0.15) is 25.3 Å². The third-order valence-electron chi connectivity index (χ3n) is 2.40. The molecule has 1 rings (SSSR count). The average molecular weight is 253 g/mol. The molecule has 17 heavy (non-hydrogen) atoms. The van der Waals surface area contributed by atoms with Gasteiger partial charge in [-0.15, -0.1) is 0 Å². The minimum atomic E-state index is 0.796. The lowest BCUT2D eigenvalue weighted by atomic mass is 10.2. The maximum absolute atomic E-state index is 5.61. The van der Waals surface area contributed by atoms with Crippen molar-refractivity contribution in [1.29, 1.82) is 0 Å². The number of thioether (sulfide) groups is 1. The zero-order valence-electron chi connectivity index (χ0n) is 10.9. The minimum absolute atomic E-state index is 0.796. The Morgan fingerprint density at radius 3 is 3.00 bits per heavy atom. The van der Waals surface area contributed by atoms with Crippen LogP contribution in [0.5, 0.6) is 5.75 Å². The Kier molecular flexibility index (Phi) is 7.93. The predicted octanol–water partition coefficient (Wildman–Crippen LogP) is 3.32. The summed E-state index contributed by atoms with van der Waals surface area (Å²) < 4.78 is 5.61. The number of nitrogens with one attached hydrogen (secondary N) is 1. The highest BCUT2D eigenvalue weighted by molar-refractivity contribution is 7.98. The van der Waals surface area contributed by atoms with Gasteiger partial charge in [-0.2, -0.15) is 11.8 Å². The lowest BCUT2D eigenvalue weighted by molar-refractivity contribution is 0.317. The van der Waals surface area contributed by atoms with Gasteiger partial charge in [0.25, 0.3) is 0 Å². The number of benzene rings is 1. The van der Waals surface area contributed by atoms with Crippen LogP contribution >= 0.6 is 11.8 Å². The molecule has 0 unspecified atom stereocenters. The molecule has 0 spiro atoms. The lowest BCUT2D eigenvalue weighted by Crippen LogP contribution is -2.15. The fourth-order valence-corrected chi connectivity index (χ4v) is 1.97. The fraction of sp³-hybridized carbons (Fsp3) is 0.571. The van der Waals surface area contributed by atoms with Crippen LogP contribution in [-0.2, 0) is 6.54 Å². The van der Waals surface area contributed by atoms with Gasteiger partial charge in [-0.25, -0.2) is 0 Å². The second kappa shape index (κ2) is 9.37. The van der Waals surface area contributed by atoms with Crippen molar-refractivity contribution in [1.82, 2.24) is 5.32 Å². The van der Waals surface area contributed by atoms with Gasteiger partial charge < -0.3 is 10.1 Å². The van der Waals surface area contributed by atoms with Crippen LogP contribution in [0.25, 0.3) is 0 Å². The van der Waals surface area contributed by atoms with Crippen molar-refractivity contribution in [3.05, 3.63) is 29.8 Å². The van der Waals surface area contributed by atoms with E-state index in [-0.39, 0.29) is 0 Å². The summed E-state index contributed by atoms with van der Waals surface area (Å²) in [5, 5.41) is 3.45. The molecule has 0 atom stereocenters. The van der Waals surface area contributed by atoms with E-state index in [2.05, 4.69) is 36.7 Å². The molecule has 0 aliphatic carbocycles. The molecule has 96 valence electrons. The first kappa shape index (κ1) is 14.4. The zero-order chi connectivity index (χ0) is 12.3. The van der Waals surface area contributed by atoms with Gasteiger partial charge >= 0.3 is 0 Å². The van der Waals surface area contributed by atoms with Crippen molar-refractivity contribution in [2.75, 3.05) is 25.2 Å². The van der Waals surface area contributed by atoms with E-state index in [1.807, 2.05) is 17.8 Å². The molecule has 0 aliphatic heterocycles. The Bertz CT molecular complexity index is 304. The Labute approximate surface area is 109 Å². The van der Waals surface area contributed by atoms with E-state index in [0.717, 1.165) is 31.9 Å². The third-order valence-corrected chi connectivity index (χ3v) is 3.10. The molecular weight excluding hydrogens is 230 g/mol. The van der Waals surface area contributed by atoms with Gasteiger partial charge in [0.05, 0.1) is 6.61 Å². The van der Waals surface area contributed by atoms with Crippen LogP contribution in [-0.4, -0.2) is 25.2 Å². The first-order valence-corrected chi connectivity index (χ1v) is 7.67. The van der Waals surface area contributed by atoms with E-state index in [4.69, 9.17) is 4.74 Å². The second-order valence-electron chi connectivity index (χ2n) is 4.02. The summed E-state index contributed by atoms with van der Waals surface area (Å²) in [5.74, 6) is 2.21. The van der Waals surface area contributed by atoms with Crippen molar-refractivity contribution in [2.24, 2.45) is 0 Å². The molecule has 0 aromatic heterocycles. The molecule has 3 heteroatoms.